The van der Waals surface area contributed by atoms with Crippen molar-refractivity contribution in [2.45, 2.75) is 52.4 Å². The van der Waals surface area contributed by atoms with Gasteiger partial charge in [-0.2, -0.15) is 5.26 Å². The van der Waals surface area contributed by atoms with Gasteiger partial charge in [0.1, 0.15) is 6.29 Å². The maximum Gasteiger partial charge on any atom is 0.120 e. The second-order valence-electron chi connectivity index (χ2n) is 5.53. The summed E-state index contributed by atoms with van der Waals surface area (Å²) < 4.78 is 0. The maximum absolute atomic E-state index is 10.7. The number of allylic oxidation sites excluding steroid dienone is 1. The molecule has 0 aromatic rings. The van der Waals surface area contributed by atoms with E-state index >= 15 is 0 Å². The third kappa shape index (κ3) is 2.97. The van der Waals surface area contributed by atoms with Gasteiger partial charge in [0.05, 0.1) is 6.07 Å². The molecule has 0 heterocycles. The van der Waals surface area contributed by atoms with Gasteiger partial charge in [0, 0.05) is 12.8 Å². The van der Waals surface area contributed by atoms with Crippen LogP contribution in [0.2, 0.25) is 0 Å². The number of rotatable bonds is 5. The summed E-state index contributed by atoms with van der Waals surface area (Å²) in [7, 11) is 0. The lowest BCUT2D eigenvalue weighted by atomic mass is 9.59. The highest BCUT2D eigenvalue weighted by molar-refractivity contribution is 5.51. The maximum atomic E-state index is 10.7. The van der Waals surface area contributed by atoms with Crippen molar-refractivity contribution in [1.29, 1.82) is 5.26 Å². The van der Waals surface area contributed by atoms with Crippen molar-refractivity contribution in [3.8, 4) is 6.07 Å². The second kappa shape index (κ2) is 6.00. The van der Waals surface area contributed by atoms with Crippen molar-refractivity contribution >= 4 is 6.29 Å². The van der Waals surface area contributed by atoms with Crippen molar-refractivity contribution in [3.63, 3.8) is 0 Å². The molecule has 0 amide bonds. The van der Waals surface area contributed by atoms with E-state index in [2.05, 4.69) is 26.5 Å². The highest BCUT2D eigenvalue weighted by Gasteiger charge is 2.40. The molecule has 0 aliphatic heterocycles. The number of unbranched alkanes of at least 4 members (excludes halogenated alkanes) is 1. The Balaban J connectivity index is 2.74. The summed E-state index contributed by atoms with van der Waals surface area (Å²) in [6.07, 6.45) is 6.46. The molecule has 0 unspecified atom stereocenters. The van der Waals surface area contributed by atoms with Gasteiger partial charge < -0.3 is 4.79 Å². The zero-order valence-corrected chi connectivity index (χ0v) is 11.0. The second-order valence-corrected chi connectivity index (χ2v) is 5.53. The Labute approximate surface area is 105 Å². The Morgan fingerprint density at radius 2 is 2.29 bits per heavy atom. The van der Waals surface area contributed by atoms with Gasteiger partial charge in [0.15, 0.2) is 0 Å². The van der Waals surface area contributed by atoms with E-state index in [0.717, 1.165) is 25.5 Å². The van der Waals surface area contributed by atoms with Gasteiger partial charge in [-0.15, -0.1) is 0 Å². The molecule has 0 aromatic carbocycles. The standard InChI is InChI=1S/C15H23NO/c1-12-6-7-14(8-11-17)13(2)15(12,3)9-4-5-10-16/h11-12,14H,2,4-9H2,1,3H3/t12-,14+,15+/m0/s1. The van der Waals surface area contributed by atoms with Crippen LogP contribution >= 0.6 is 0 Å². The van der Waals surface area contributed by atoms with E-state index in [0.29, 0.717) is 24.7 Å². The molecule has 0 saturated heterocycles. The van der Waals surface area contributed by atoms with Crippen LogP contribution in [0.4, 0.5) is 0 Å². The van der Waals surface area contributed by atoms with Crippen LogP contribution < -0.4 is 0 Å². The number of nitrogens with zero attached hydrogens (tertiary/aromatic N) is 1. The molecule has 3 atom stereocenters. The Morgan fingerprint density at radius 3 is 2.88 bits per heavy atom. The van der Waals surface area contributed by atoms with E-state index in [-0.39, 0.29) is 5.41 Å². The van der Waals surface area contributed by atoms with Gasteiger partial charge in [-0.3, -0.25) is 0 Å². The third-order valence-corrected chi connectivity index (χ3v) is 4.63. The minimum absolute atomic E-state index is 0.114. The summed E-state index contributed by atoms with van der Waals surface area (Å²) in [5.74, 6) is 0.965. The van der Waals surface area contributed by atoms with E-state index in [1.165, 1.54) is 12.0 Å². The van der Waals surface area contributed by atoms with Crippen molar-refractivity contribution in [1.82, 2.24) is 0 Å². The van der Waals surface area contributed by atoms with Crippen LogP contribution in [0.3, 0.4) is 0 Å². The monoisotopic (exact) mass is 233 g/mol. The topological polar surface area (TPSA) is 40.9 Å². The molecule has 1 rings (SSSR count). The molecular weight excluding hydrogens is 210 g/mol. The lowest BCUT2D eigenvalue weighted by Crippen LogP contribution is -2.35. The Kier molecular flexibility index (Phi) is 4.93. The molecular formula is C15H23NO. The summed E-state index contributed by atoms with van der Waals surface area (Å²) in [4.78, 5) is 10.7. The largest absolute Gasteiger partial charge is 0.303 e. The van der Waals surface area contributed by atoms with E-state index in [9.17, 15) is 4.79 Å². The Hall–Kier alpha value is -1.10. The van der Waals surface area contributed by atoms with Crippen LogP contribution in [-0.4, -0.2) is 6.29 Å². The van der Waals surface area contributed by atoms with Crippen LogP contribution in [0, 0.1) is 28.6 Å². The summed E-state index contributed by atoms with van der Waals surface area (Å²) in [5, 5.41) is 8.63. The molecule has 94 valence electrons. The molecule has 0 N–H and O–H groups in total. The molecule has 1 fully saturated rings. The Bertz CT molecular complexity index is 328. The van der Waals surface area contributed by atoms with Crippen molar-refractivity contribution in [2.24, 2.45) is 17.3 Å². The first-order valence-electron chi connectivity index (χ1n) is 6.56. The molecule has 1 aliphatic rings. The van der Waals surface area contributed by atoms with E-state index in [1.54, 1.807) is 0 Å². The molecule has 17 heavy (non-hydrogen) atoms. The number of aldehydes is 1. The fourth-order valence-corrected chi connectivity index (χ4v) is 3.04. The summed E-state index contributed by atoms with van der Waals surface area (Å²) in [5.41, 5.74) is 1.35. The number of hydrogen-bond donors (Lipinski definition) is 0. The SMILES string of the molecule is C=C1[C@@H](CC=O)CC[C@H](C)[C@@]1(C)CCCC#N. The number of carbonyl (C=O) groups excluding carboxylic acids is 1. The van der Waals surface area contributed by atoms with Gasteiger partial charge in [-0.25, -0.2) is 0 Å². The normalized spacial score (nSPS) is 33.1. The molecule has 2 nitrogen and oxygen atoms in total. The molecule has 0 aromatic heterocycles. The number of carbonyl (C=O) groups is 1. The highest BCUT2D eigenvalue weighted by atomic mass is 16.1. The summed E-state index contributed by atoms with van der Waals surface area (Å²) in [6, 6.07) is 2.20. The van der Waals surface area contributed by atoms with Crippen molar-refractivity contribution < 1.29 is 4.79 Å². The lowest BCUT2D eigenvalue weighted by Gasteiger charge is -2.45. The zero-order valence-electron chi connectivity index (χ0n) is 11.0. The predicted octanol–water partition coefficient (Wildman–Crippen LogP) is 3.88. The predicted molar refractivity (Wildman–Crippen MR) is 69.3 cm³/mol. The van der Waals surface area contributed by atoms with Crippen LogP contribution in [0.25, 0.3) is 0 Å². The molecule has 1 aliphatic carbocycles. The van der Waals surface area contributed by atoms with Gasteiger partial charge in [-0.05, 0) is 42.9 Å². The number of nitriles is 1. The van der Waals surface area contributed by atoms with Crippen molar-refractivity contribution in [2.75, 3.05) is 0 Å². The van der Waals surface area contributed by atoms with E-state index in [4.69, 9.17) is 5.26 Å². The molecule has 2 heteroatoms. The first kappa shape index (κ1) is 14.0. The first-order chi connectivity index (χ1) is 8.06. The average Bonchev–Trinajstić information content (AvgIpc) is 2.31. The van der Waals surface area contributed by atoms with Gasteiger partial charge in [0.25, 0.3) is 0 Å². The van der Waals surface area contributed by atoms with E-state index in [1.807, 2.05) is 0 Å². The third-order valence-electron chi connectivity index (χ3n) is 4.63. The van der Waals surface area contributed by atoms with Gasteiger partial charge in [0.2, 0.25) is 0 Å². The summed E-state index contributed by atoms with van der Waals surface area (Å²) >= 11 is 0. The Morgan fingerprint density at radius 1 is 1.59 bits per heavy atom. The highest BCUT2D eigenvalue weighted by Crippen LogP contribution is 2.50. The fraction of sp³-hybridized carbons (Fsp3) is 0.733. The van der Waals surface area contributed by atoms with Crippen LogP contribution in [0.5, 0.6) is 0 Å². The lowest BCUT2D eigenvalue weighted by molar-refractivity contribution is -0.108. The zero-order chi connectivity index (χ0) is 12.9. The first-order valence-corrected chi connectivity index (χ1v) is 6.56. The van der Waals surface area contributed by atoms with Gasteiger partial charge in [-0.1, -0.05) is 26.0 Å². The quantitative estimate of drug-likeness (QED) is 0.411. The van der Waals surface area contributed by atoms with Crippen LogP contribution in [0.15, 0.2) is 12.2 Å². The molecule has 0 spiro atoms. The minimum atomic E-state index is 0.114. The van der Waals surface area contributed by atoms with Crippen molar-refractivity contribution in [3.05, 3.63) is 12.2 Å². The minimum Gasteiger partial charge on any atom is -0.303 e. The molecule has 0 radical (unpaired) electrons. The number of hydrogen-bond acceptors (Lipinski definition) is 2. The van der Waals surface area contributed by atoms with Crippen LogP contribution in [-0.2, 0) is 4.79 Å². The molecule has 1 saturated carbocycles. The van der Waals surface area contributed by atoms with Crippen LogP contribution in [0.1, 0.15) is 52.4 Å². The molecule has 0 bridgehead atoms. The van der Waals surface area contributed by atoms with E-state index < -0.39 is 0 Å². The van der Waals surface area contributed by atoms with Gasteiger partial charge >= 0.3 is 0 Å². The average molecular weight is 233 g/mol. The fourth-order valence-electron chi connectivity index (χ4n) is 3.04. The summed E-state index contributed by atoms with van der Waals surface area (Å²) in [6.45, 7) is 8.79. The smallest absolute Gasteiger partial charge is 0.120 e.